The van der Waals surface area contributed by atoms with Crippen LogP contribution in [0.3, 0.4) is 0 Å². The Bertz CT molecular complexity index is 474. The van der Waals surface area contributed by atoms with Gasteiger partial charge in [0, 0.05) is 10.6 Å². The number of hydrogen-bond acceptors (Lipinski definition) is 4. The van der Waals surface area contributed by atoms with E-state index in [-0.39, 0.29) is 18.8 Å². The number of hydrogen-bond donors (Lipinski definition) is 1. The van der Waals surface area contributed by atoms with E-state index in [0.717, 1.165) is 0 Å². The van der Waals surface area contributed by atoms with Crippen LogP contribution in [0.5, 0.6) is 5.75 Å². The lowest BCUT2D eigenvalue weighted by Crippen LogP contribution is -2.25. The molecule has 104 valence electrons. The lowest BCUT2D eigenvalue weighted by atomic mass is 10.3. The number of aliphatic hydroxyl groups excluding tert-OH is 1. The summed E-state index contributed by atoms with van der Waals surface area (Å²) in [6.07, 6.45) is -0.949. The summed E-state index contributed by atoms with van der Waals surface area (Å²) in [4.78, 5) is 11.1. The molecule has 0 spiro atoms. The highest BCUT2D eigenvalue weighted by atomic mass is 35.5. The Kier molecular flexibility index (Phi) is 6.15. The molecule has 1 N–H and O–H groups in total. The maximum Gasteiger partial charge on any atom is 0.333 e. The quantitative estimate of drug-likeness (QED) is 0.648. The Balaban J connectivity index is 2.39. The summed E-state index contributed by atoms with van der Waals surface area (Å²) in [7, 11) is 0. The maximum absolute atomic E-state index is 11.1. The number of ether oxygens (including phenoxy) is 2. The van der Waals surface area contributed by atoms with Crippen molar-refractivity contribution in [3.05, 3.63) is 40.4 Å². The zero-order chi connectivity index (χ0) is 14.4. The van der Waals surface area contributed by atoms with Gasteiger partial charge in [0.25, 0.3) is 0 Å². The molecule has 0 aliphatic heterocycles. The molecule has 0 saturated heterocycles. The van der Waals surface area contributed by atoms with Crippen LogP contribution in [0.2, 0.25) is 10.0 Å². The maximum atomic E-state index is 11.1. The average molecular weight is 305 g/mol. The number of halogens is 2. The zero-order valence-electron chi connectivity index (χ0n) is 10.4. The minimum Gasteiger partial charge on any atom is -0.489 e. The first-order chi connectivity index (χ1) is 8.90. The first kappa shape index (κ1) is 15.8. The van der Waals surface area contributed by atoms with Crippen LogP contribution in [-0.4, -0.2) is 30.4 Å². The fourth-order valence-corrected chi connectivity index (χ4v) is 1.58. The van der Waals surface area contributed by atoms with Crippen LogP contribution in [0, 0.1) is 0 Å². The number of rotatable bonds is 6. The molecule has 0 amide bonds. The van der Waals surface area contributed by atoms with Crippen molar-refractivity contribution in [3.63, 3.8) is 0 Å². The minimum atomic E-state index is -0.949. The number of aliphatic hydroxyl groups is 1. The molecule has 1 atom stereocenters. The predicted molar refractivity (Wildman–Crippen MR) is 73.7 cm³/mol. The fraction of sp³-hybridized carbons (Fsp3) is 0.308. The van der Waals surface area contributed by atoms with E-state index in [1.165, 1.54) is 13.0 Å². The molecule has 0 saturated carbocycles. The van der Waals surface area contributed by atoms with E-state index in [1.54, 1.807) is 12.1 Å². The van der Waals surface area contributed by atoms with E-state index in [2.05, 4.69) is 6.58 Å². The van der Waals surface area contributed by atoms with Crippen LogP contribution in [0.1, 0.15) is 6.92 Å². The smallest absolute Gasteiger partial charge is 0.333 e. The number of carbonyl (C=O) groups is 1. The summed E-state index contributed by atoms with van der Waals surface area (Å²) < 4.78 is 10.1. The third-order valence-corrected chi connectivity index (χ3v) is 2.61. The van der Waals surface area contributed by atoms with Gasteiger partial charge in [-0.1, -0.05) is 29.8 Å². The monoisotopic (exact) mass is 304 g/mol. The second-order valence-electron chi connectivity index (χ2n) is 3.92. The van der Waals surface area contributed by atoms with Crippen molar-refractivity contribution < 1.29 is 19.4 Å². The highest BCUT2D eigenvalue weighted by molar-refractivity contribution is 6.35. The summed E-state index contributed by atoms with van der Waals surface area (Å²) >= 11 is 11.6. The van der Waals surface area contributed by atoms with Gasteiger partial charge in [0.1, 0.15) is 25.1 Å². The van der Waals surface area contributed by atoms with Crippen molar-refractivity contribution >= 4 is 29.2 Å². The lowest BCUT2D eigenvalue weighted by molar-refractivity contribution is -0.142. The molecule has 0 heterocycles. The second kappa shape index (κ2) is 7.38. The SMILES string of the molecule is C=C(C)C(=O)OCC(O)COc1ccc(Cl)cc1Cl. The molecule has 0 aromatic heterocycles. The highest BCUT2D eigenvalue weighted by Gasteiger charge is 2.11. The molecule has 0 fully saturated rings. The minimum absolute atomic E-state index is 0.0508. The molecule has 19 heavy (non-hydrogen) atoms. The summed E-state index contributed by atoms with van der Waals surface area (Å²) in [5.41, 5.74) is 0.272. The number of benzene rings is 1. The van der Waals surface area contributed by atoms with E-state index >= 15 is 0 Å². The van der Waals surface area contributed by atoms with Crippen LogP contribution in [-0.2, 0) is 9.53 Å². The molecule has 0 radical (unpaired) electrons. The van der Waals surface area contributed by atoms with Crippen LogP contribution in [0.4, 0.5) is 0 Å². The van der Waals surface area contributed by atoms with Crippen molar-refractivity contribution in [2.45, 2.75) is 13.0 Å². The van der Waals surface area contributed by atoms with Gasteiger partial charge in [-0.05, 0) is 25.1 Å². The van der Waals surface area contributed by atoms with Gasteiger partial charge in [-0.3, -0.25) is 0 Å². The van der Waals surface area contributed by atoms with Gasteiger partial charge in [-0.15, -0.1) is 0 Å². The van der Waals surface area contributed by atoms with Crippen molar-refractivity contribution in [1.29, 1.82) is 0 Å². The molecular formula is C13H14Cl2O4. The first-order valence-electron chi connectivity index (χ1n) is 5.48. The van der Waals surface area contributed by atoms with Crippen LogP contribution in [0.25, 0.3) is 0 Å². The summed E-state index contributed by atoms with van der Waals surface area (Å²) in [6, 6.07) is 4.75. The number of carbonyl (C=O) groups excluding carboxylic acids is 1. The molecule has 0 aliphatic carbocycles. The van der Waals surface area contributed by atoms with E-state index in [1.807, 2.05) is 0 Å². The summed E-state index contributed by atoms with van der Waals surface area (Å²) in [6.45, 7) is 4.74. The van der Waals surface area contributed by atoms with E-state index < -0.39 is 12.1 Å². The van der Waals surface area contributed by atoms with Gasteiger partial charge >= 0.3 is 5.97 Å². The Hall–Kier alpha value is -1.23. The predicted octanol–water partition coefficient (Wildman–Crippen LogP) is 2.85. The molecule has 0 aliphatic rings. The largest absolute Gasteiger partial charge is 0.489 e. The van der Waals surface area contributed by atoms with Gasteiger partial charge in [0.05, 0.1) is 5.02 Å². The summed E-state index contributed by atoms with van der Waals surface area (Å²) in [5, 5.41) is 10.4. The van der Waals surface area contributed by atoms with Gasteiger partial charge in [0.2, 0.25) is 0 Å². The van der Waals surface area contributed by atoms with Crippen LogP contribution < -0.4 is 4.74 Å². The first-order valence-corrected chi connectivity index (χ1v) is 6.24. The topological polar surface area (TPSA) is 55.8 Å². The van der Waals surface area contributed by atoms with Crippen molar-refractivity contribution in [2.75, 3.05) is 13.2 Å². The number of esters is 1. The molecule has 1 aromatic rings. The molecule has 0 bridgehead atoms. The molecule has 1 unspecified atom stereocenters. The third-order valence-electron chi connectivity index (χ3n) is 2.08. The van der Waals surface area contributed by atoms with E-state index in [9.17, 15) is 9.90 Å². The fourth-order valence-electron chi connectivity index (χ4n) is 1.12. The van der Waals surface area contributed by atoms with E-state index in [0.29, 0.717) is 15.8 Å². The highest BCUT2D eigenvalue weighted by Crippen LogP contribution is 2.27. The Morgan fingerprint density at radius 1 is 1.42 bits per heavy atom. The Morgan fingerprint density at radius 3 is 2.68 bits per heavy atom. The van der Waals surface area contributed by atoms with Gasteiger partial charge < -0.3 is 14.6 Å². The van der Waals surface area contributed by atoms with E-state index in [4.69, 9.17) is 32.7 Å². The molecule has 4 nitrogen and oxygen atoms in total. The van der Waals surface area contributed by atoms with Gasteiger partial charge in [-0.25, -0.2) is 4.79 Å². The Labute approximate surface area is 121 Å². The molecular weight excluding hydrogens is 291 g/mol. The normalized spacial score (nSPS) is 11.8. The average Bonchev–Trinajstić information content (AvgIpc) is 2.34. The molecule has 6 heteroatoms. The standard InChI is InChI=1S/C13H14Cl2O4/c1-8(2)13(17)19-7-10(16)6-18-12-4-3-9(14)5-11(12)15/h3-5,10,16H,1,6-7H2,2H3. The van der Waals surface area contributed by atoms with Gasteiger partial charge in [0.15, 0.2) is 0 Å². The zero-order valence-corrected chi connectivity index (χ0v) is 11.9. The van der Waals surface area contributed by atoms with Crippen molar-refractivity contribution in [1.82, 2.24) is 0 Å². The second-order valence-corrected chi connectivity index (χ2v) is 4.76. The third kappa shape index (κ3) is 5.51. The summed E-state index contributed by atoms with van der Waals surface area (Å²) in [5.74, 6) is -0.153. The van der Waals surface area contributed by atoms with Crippen molar-refractivity contribution in [2.24, 2.45) is 0 Å². The lowest BCUT2D eigenvalue weighted by Gasteiger charge is -2.13. The Morgan fingerprint density at radius 2 is 2.11 bits per heavy atom. The van der Waals surface area contributed by atoms with Crippen molar-refractivity contribution in [3.8, 4) is 5.75 Å². The van der Waals surface area contributed by atoms with Crippen LogP contribution >= 0.6 is 23.2 Å². The molecule has 1 aromatic carbocycles. The molecule has 1 rings (SSSR count). The van der Waals surface area contributed by atoms with Crippen LogP contribution in [0.15, 0.2) is 30.4 Å². The van der Waals surface area contributed by atoms with Gasteiger partial charge in [-0.2, -0.15) is 0 Å².